The predicted molar refractivity (Wildman–Crippen MR) is 108 cm³/mol. The van der Waals surface area contributed by atoms with Gasteiger partial charge in [-0.15, -0.1) is 18.3 Å². The molecule has 0 saturated heterocycles. The zero-order chi connectivity index (χ0) is 18.9. The van der Waals surface area contributed by atoms with Crippen LogP contribution in [0.1, 0.15) is 44.6 Å². The lowest BCUT2D eigenvalue weighted by Crippen LogP contribution is -2.42. The van der Waals surface area contributed by atoms with Crippen LogP contribution in [-0.2, 0) is 4.79 Å². The number of carbonyl (C=O) groups excluding carboxylic acids is 1. The minimum absolute atomic E-state index is 0.102. The van der Waals surface area contributed by atoms with Crippen LogP contribution in [0, 0.1) is 22.2 Å². The number of nitrogens with zero attached hydrogens (tertiary/aromatic N) is 2. The average Bonchev–Trinajstić information content (AvgIpc) is 2.61. The molecular weight excluding hydrogens is 340 g/mol. The highest BCUT2D eigenvalue weighted by molar-refractivity contribution is 8.13. The van der Waals surface area contributed by atoms with Gasteiger partial charge >= 0.3 is 0 Å². The standard InChI is InChI=1S/C22H24N2OS/c1-5-11-22(14-23)19(15-9-7-6-8-10-15)18-16(24-20(22)26-4)12-21(2,3)13-17(18)25/h5-10,19H,1,11-13H2,2-4H3. The maximum Gasteiger partial charge on any atom is 0.161 e. The molecule has 0 saturated carbocycles. The molecule has 2 aliphatic rings. The fourth-order valence-electron chi connectivity index (χ4n) is 4.24. The molecule has 26 heavy (non-hydrogen) atoms. The van der Waals surface area contributed by atoms with E-state index in [-0.39, 0.29) is 17.1 Å². The molecule has 4 heteroatoms. The highest BCUT2D eigenvalue weighted by atomic mass is 32.2. The van der Waals surface area contributed by atoms with Crippen LogP contribution >= 0.6 is 11.8 Å². The van der Waals surface area contributed by atoms with E-state index in [1.807, 2.05) is 36.6 Å². The van der Waals surface area contributed by atoms with E-state index in [0.717, 1.165) is 28.3 Å². The number of aliphatic imine (C=N–C) groups is 1. The molecule has 2 unspecified atom stereocenters. The third-order valence-electron chi connectivity index (χ3n) is 5.29. The number of benzene rings is 1. The van der Waals surface area contributed by atoms with E-state index >= 15 is 0 Å². The minimum Gasteiger partial charge on any atom is -0.294 e. The Morgan fingerprint density at radius 2 is 2.04 bits per heavy atom. The largest absolute Gasteiger partial charge is 0.294 e. The Labute approximate surface area is 159 Å². The van der Waals surface area contributed by atoms with Gasteiger partial charge in [-0.2, -0.15) is 5.26 Å². The Kier molecular flexibility index (Phi) is 4.94. The number of nitriles is 1. The van der Waals surface area contributed by atoms with Crippen LogP contribution in [0.4, 0.5) is 0 Å². The van der Waals surface area contributed by atoms with E-state index in [1.165, 1.54) is 11.8 Å². The second-order valence-corrected chi connectivity index (χ2v) is 8.64. The fraction of sp³-hybridized carbons (Fsp3) is 0.409. The van der Waals surface area contributed by atoms with Gasteiger partial charge in [-0.3, -0.25) is 4.79 Å². The Hall–Kier alpha value is -2.12. The molecule has 0 N–H and O–H groups in total. The zero-order valence-corrected chi connectivity index (χ0v) is 16.4. The van der Waals surface area contributed by atoms with Gasteiger partial charge in [0.25, 0.3) is 0 Å². The topological polar surface area (TPSA) is 53.2 Å². The van der Waals surface area contributed by atoms with Crippen molar-refractivity contribution in [2.75, 3.05) is 6.26 Å². The van der Waals surface area contributed by atoms with Crippen molar-refractivity contribution >= 4 is 22.6 Å². The Bertz CT molecular complexity index is 845. The first-order chi connectivity index (χ1) is 12.4. The lowest BCUT2D eigenvalue weighted by molar-refractivity contribution is -0.118. The average molecular weight is 365 g/mol. The molecule has 1 aromatic carbocycles. The first-order valence-electron chi connectivity index (χ1n) is 8.85. The number of hydrogen-bond acceptors (Lipinski definition) is 4. The summed E-state index contributed by atoms with van der Waals surface area (Å²) in [5.41, 5.74) is 1.61. The van der Waals surface area contributed by atoms with Crippen LogP contribution in [0.5, 0.6) is 0 Å². The summed E-state index contributed by atoms with van der Waals surface area (Å²) in [7, 11) is 0. The van der Waals surface area contributed by atoms with Gasteiger partial charge in [0, 0.05) is 23.6 Å². The van der Waals surface area contributed by atoms with Crippen molar-refractivity contribution in [1.82, 2.24) is 0 Å². The Balaban J connectivity index is 2.31. The number of ketones is 1. The molecule has 134 valence electrons. The molecule has 0 amide bonds. The quantitative estimate of drug-likeness (QED) is 0.686. The highest BCUT2D eigenvalue weighted by Crippen LogP contribution is 2.55. The first kappa shape index (κ1) is 18.7. The Morgan fingerprint density at radius 3 is 2.62 bits per heavy atom. The lowest BCUT2D eigenvalue weighted by atomic mass is 9.61. The molecule has 0 spiro atoms. The van der Waals surface area contributed by atoms with Crippen LogP contribution in [0.2, 0.25) is 0 Å². The van der Waals surface area contributed by atoms with Crippen LogP contribution in [0.3, 0.4) is 0 Å². The molecule has 3 nitrogen and oxygen atoms in total. The number of carbonyl (C=O) groups is 1. The fourth-order valence-corrected chi connectivity index (χ4v) is 5.05. The SMILES string of the molecule is C=CCC1(C#N)C(SC)=NC2=C(C(=O)CC(C)(C)C2)C1c1ccccc1. The maximum atomic E-state index is 13.2. The molecular formula is C22H24N2OS. The third-order valence-corrected chi connectivity index (χ3v) is 6.13. The first-order valence-corrected chi connectivity index (χ1v) is 10.1. The zero-order valence-electron chi connectivity index (χ0n) is 15.6. The van der Waals surface area contributed by atoms with Crippen molar-refractivity contribution in [3.63, 3.8) is 0 Å². The van der Waals surface area contributed by atoms with Gasteiger partial charge in [0.05, 0.1) is 11.1 Å². The molecule has 0 radical (unpaired) electrons. The molecule has 3 rings (SSSR count). The summed E-state index contributed by atoms with van der Waals surface area (Å²) in [5.74, 6) is -0.178. The smallest absolute Gasteiger partial charge is 0.161 e. The minimum atomic E-state index is -0.876. The summed E-state index contributed by atoms with van der Waals surface area (Å²) in [6.45, 7) is 8.09. The number of hydrogen-bond donors (Lipinski definition) is 0. The van der Waals surface area contributed by atoms with Crippen LogP contribution in [0.25, 0.3) is 0 Å². The van der Waals surface area contributed by atoms with E-state index in [9.17, 15) is 10.1 Å². The van der Waals surface area contributed by atoms with Gasteiger partial charge in [0.1, 0.15) is 5.41 Å². The third kappa shape index (κ3) is 2.95. The summed E-state index contributed by atoms with van der Waals surface area (Å²) in [6.07, 6.45) is 5.45. The molecule has 0 fully saturated rings. The molecule has 2 atom stereocenters. The number of rotatable bonds is 3. The molecule has 0 aromatic heterocycles. The van der Waals surface area contributed by atoms with Crippen molar-refractivity contribution in [3.8, 4) is 6.07 Å². The van der Waals surface area contributed by atoms with Gasteiger partial charge in [-0.1, -0.05) is 50.3 Å². The van der Waals surface area contributed by atoms with Crippen LogP contribution in [-0.4, -0.2) is 17.1 Å². The normalized spacial score (nSPS) is 27.4. The van der Waals surface area contributed by atoms with Gasteiger partial charge in [-0.25, -0.2) is 4.99 Å². The summed E-state index contributed by atoms with van der Waals surface area (Å²) < 4.78 is 0. The van der Waals surface area contributed by atoms with Gasteiger partial charge in [-0.05, 0) is 30.1 Å². The second kappa shape index (κ2) is 6.89. The summed E-state index contributed by atoms with van der Waals surface area (Å²) in [5, 5.41) is 11.0. The summed E-state index contributed by atoms with van der Waals surface area (Å²) >= 11 is 1.51. The van der Waals surface area contributed by atoms with E-state index in [2.05, 4.69) is 26.5 Å². The predicted octanol–water partition coefficient (Wildman–Crippen LogP) is 5.27. The van der Waals surface area contributed by atoms with Crippen LogP contribution < -0.4 is 0 Å². The maximum absolute atomic E-state index is 13.2. The van der Waals surface area contributed by atoms with Gasteiger partial charge in [0.15, 0.2) is 5.78 Å². The molecule has 1 aliphatic carbocycles. The summed E-state index contributed by atoms with van der Waals surface area (Å²) in [4.78, 5) is 18.0. The Morgan fingerprint density at radius 1 is 1.35 bits per heavy atom. The van der Waals surface area contributed by atoms with E-state index in [1.54, 1.807) is 6.08 Å². The number of thioether (sulfide) groups is 1. The van der Waals surface area contributed by atoms with Crippen molar-refractivity contribution in [3.05, 3.63) is 59.8 Å². The van der Waals surface area contributed by atoms with Crippen molar-refractivity contribution in [2.45, 2.75) is 39.0 Å². The van der Waals surface area contributed by atoms with Gasteiger partial charge < -0.3 is 0 Å². The van der Waals surface area contributed by atoms with Crippen molar-refractivity contribution in [1.29, 1.82) is 5.26 Å². The van der Waals surface area contributed by atoms with E-state index in [0.29, 0.717) is 12.8 Å². The monoisotopic (exact) mass is 364 g/mol. The van der Waals surface area contributed by atoms with Crippen molar-refractivity contribution in [2.24, 2.45) is 15.8 Å². The number of Topliss-reactive ketones (excluding diaryl/α,β-unsaturated/α-hetero) is 1. The van der Waals surface area contributed by atoms with Gasteiger partial charge in [0.2, 0.25) is 0 Å². The van der Waals surface area contributed by atoms with E-state index < -0.39 is 5.41 Å². The molecule has 1 aromatic rings. The highest BCUT2D eigenvalue weighted by Gasteiger charge is 2.52. The van der Waals surface area contributed by atoms with Crippen molar-refractivity contribution < 1.29 is 4.79 Å². The van der Waals surface area contributed by atoms with E-state index in [4.69, 9.17) is 4.99 Å². The lowest BCUT2D eigenvalue weighted by Gasteiger charge is -2.43. The molecule has 0 bridgehead atoms. The summed E-state index contributed by atoms with van der Waals surface area (Å²) in [6, 6.07) is 12.5. The second-order valence-electron chi connectivity index (χ2n) is 7.84. The molecule has 1 aliphatic heterocycles. The van der Waals surface area contributed by atoms with Crippen LogP contribution in [0.15, 0.2) is 59.2 Å². The molecule has 1 heterocycles. The number of allylic oxidation sites excluding steroid dienone is 3.